The number of esters is 2. The van der Waals surface area contributed by atoms with Crippen molar-refractivity contribution < 1.29 is 32.7 Å². The molecule has 138 valence electrons. The Morgan fingerprint density at radius 2 is 1.62 bits per heavy atom. The van der Waals surface area contributed by atoms with E-state index in [1.54, 1.807) is 14.2 Å². The van der Waals surface area contributed by atoms with Crippen LogP contribution in [0.15, 0.2) is 12.2 Å². The van der Waals surface area contributed by atoms with Gasteiger partial charge in [0.05, 0.1) is 6.42 Å². The van der Waals surface area contributed by atoms with Gasteiger partial charge in [0.1, 0.15) is 13.2 Å². The minimum atomic E-state index is -2.20. The normalized spacial score (nSPS) is 10.8. The molecule has 8 nitrogen and oxygen atoms in total. The van der Waals surface area contributed by atoms with Gasteiger partial charge in [-0.3, -0.25) is 9.59 Å². The van der Waals surface area contributed by atoms with Gasteiger partial charge in [-0.2, -0.15) is 0 Å². The highest BCUT2D eigenvalue weighted by Gasteiger charge is 2.28. The molecule has 1 amide bonds. The molecule has 1 N–H and O–H groups in total. The van der Waals surface area contributed by atoms with Gasteiger partial charge in [-0.1, -0.05) is 6.58 Å². The van der Waals surface area contributed by atoms with Crippen LogP contribution >= 0.6 is 0 Å². The molecule has 0 heterocycles. The van der Waals surface area contributed by atoms with Gasteiger partial charge in [0, 0.05) is 38.8 Å². The fourth-order valence-corrected chi connectivity index (χ4v) is 2.66. The Balaban J connectivity index is 3.77. The van der Waals surface area contributed by atoms with Gasteiger partial charge in [-0.15, -0.1) is 0 Å². The van der Waals surface area contributed by atoms with Crippen LogP contribution < -0.4 is 5.32 Å². The lowest BCUT2D eigenvalue weighted by Gasteiger charge is -2.22. The van der Waals surface area contributed by atoms with Crippen molar-refractivity contribution in [2.45, 2.75) is 32.4 Å². The summed E-state index contributed by atoms with van der Waals surface area (Å²) in [5.41, 5.74) is 0.277. The molecule has 0 aromatic heterocycles. The van der Waals surface area contributed by atoms with Crippen LogP contribution in [0.2, 0.25) is 12.6 Å². The molecule has 0 aromatic rings. The summed E-state index contributed by atoms with van der Waals surface area (Å²) in [6.07, 6.45) is -0.00780. The summed E-state index contributed by atoms with van der Waals surface area (Å²) < 4.78 is 20.2. The Bertz CT molecular complexity index is 449. The van der Waals surface area contributed by atoms with Crippen molar-refractivity contribution >= 4 is 26.4 Å². The minimum Gasteiger partial charge on any atom is -0.462 e. The van der Waals surface area contributed by atoms with Gasteiger partial charge < -0.3 is 23.6 Å². The van der Waals surface area contributed by atoms with E-state index in [-0.39, 0.29) is 37.5 Å². The van der Waals surface area contributed by atoms with Crippen molar-refractivity contribution in [3.8, 4) is 0 Å². The van der Waals surface area contributed by atoms with E-state index in [0.717, 1.165) is 0 Å². The number of hydrogen-bond donors (Lipinski definition) is 1. The molecular formula is C15H27NO7Si. The second kappa shape index (κ2) is 11.8. The molecule has 0 aliphatic carbocycles. The predicted molar refractivity (Wildman–Crippen MR) is 89.4 cm³/mol. The second-order valence-electron chi connectivity index (χ2n) is 5.28. The van der Waals surface area contributed by atoms with E-state index in [0.29, 0.717) is 12.6 Å². The lowest BCUT2D eigenvalue weighted by atomic mass is 10.3. The highest BCUT2D eigenvalue weighted by molar-refractivity contribution is 6.66. The van der Waals surface area contributed by atoms with Gasteiger partial charge in [-0.05, 0) is 13.5 Å². The van der Waals surface area contributed by atoms with E-state index in [4.69, 9.17) is 18.3 Å². The van der Waals surface area contributed by atoms with Gasteiger partial charge in [0.2, 0.25) is 5.91 Å². The van der Waals surface area contributed by atoms with E-state index in [9.17, 15) is 14.4 Å². The summed E-state index contributed by atoms with van der Waals surface area (Å²) in [6.45, 7) is 7.19. The number of hydrogen-bond acceptors (Lipinski definition) is 7. The fourth-order valence-electron chi connectivity index (χ4n) is 1.51. The predicted octanol–water partition coefficient (Wildman–Crippen LogP) is 0.910. The quantitative estimate of drug-likeness (QED) is 0.239. The Labute approximate surface area is 143 Å². The maximum absolute atomic E-state index is 11.6. The molecule has 0 rings (SSSR count). The molecular weight excluding hydrogens is 334 g/mol. The topological polar surface area (TPSA) is 100 Å². The van der Waals surface area contributed by atoms with Crippen molar-refractivity contribution in [2.24, 2.45) is 0 Å². The van der Waals surface area contributed by atoms with Crippen molar-refractivity contribution in [2.75, 3.05) is 34.0 Å². The Morgan fingerprint density at radius 3 is 2.17 bits per heavy atom. The number of carbonyl (C=O) groups is 3. The van der Waals surface area contributed by atoms with Gasteiger partial charge in [0.25, 0.3) is 0 Å². The van der Waals surface area contributed by atoms with Crippen molar-refractivity contribution in [1.82, 2.24) is 5.32 Å². The lowest BCUT2D eigenvalue weighted by Crippen LogP contribution is -2.40. The zero-order valence-electron chi connectivity index (χ0n) is 14.8. The molecule has 0 fully saturated rings. The van der Waals surface area contributed by atoms with Crippen LogP contribution in [0, 0.1) is 0 Å². The van der Waals surface area contributed by atoms with E-state index in [2.05, 4.69) is 11.9 Å². The lowest BCUT2D eigenvalue weighted by molar-refractivity contribution is -0.150. The van der Waals surface area contributed by atoms with Gasteiger partial charge >= 0.3 is 20.5 Å². The smallest absolute Gasteiger partial charge is 0.336 e. The van der Waals surface area contributed by atoms with Crippen molar-refractivity contribution in [1.29, 1.82) is 0 Å². The largest absolute Gasteiger partial charge is 0.462 e. The molecule has 0 unspecified atom stereocenters. The molecule has 0 saturated heterocycles. The van der Waals surface area contributed by atoms with Crippen molar-refractivity contribution in [3.63, 3.8) is 0 Å². The molecule has 0 aliphatic heterocycles. The third-order valence-electron chi connectivity index (χ3n) is 3.25. The minimum absolute atomic E-state index is 0.0304. The number of ether oxygens (including phenoxy) is 2. The second-order valence-corrected chi connectivity index (χ2v) is 8.86. The molecule has 0 saturated carbocycles. The maximum Gasteiger partial charge on any atom is 0.336 e. The number of rotatable bonds is 12. The fraction of sp³-hybridized carbons (Fsp3) is 0.667. The first-order chi connectivity index (χ1) is 11.2. The standard InChI is InChI=1S/C15H27NO7Si/c1-12(2)15(19)23-10-9-22-14(18)7-6-13(17)16-8-11-24(5,20-3)21-4/h1,6-11H2,2-5H3,(H,16,17). The van der Waals surface area contributed by atoms with E-state index >= 15 is 0 Å². The van der Waals surface area contributed by atoms with E-state index < -0.39 is 20.5 Å². The first-order valence-electron chi connectivity index (χ1n) is 7.59. The highest BCUT2D eigenvalue weighted by atomic mass is 28.4. The van der Waals surface area contributed by atoms with Crippen LogP contribution in [0.25, 0.3) is 0 Å². The summed E-state index contributed by atoms with van der Waals surface area (Å²) in [5, 5.41) is 2.71. The van der Waals surface area contributed by atoms with Crippen LogP contribution in [0.3, 0.4) is 0 Å². The van der Waals surface area contributed by atoms with Crippen LogP contribution in [-0.4, -0.2) is 60.4 Å². The third-order valence-corrected chi connectivity index (χ3v) is 6.13. The molecule has 0 radical (unpaired) electrons. The molecule has 0 aliphatic rings. The van der Waals surface area contributed by atoms with E-state index in [1.807, 2.05) is 6.55 Å². The Hall–Kier alpha value is -1.71. The highest BCUT2D eigenvalue weighted by Crippen LogP contribution is 2.09. The zero-order valence-corrected chi connectivity index (χ0v) is 15.8. The van der Waals surface area contributed by atoms with Crippen LogP contribution in [0.5, 0.6) is 0 Å². The number of amides is 1. The number of nitrogens with one attached hydrogen (secondary N) is 1. The average Bonchev–Trinajstić information content (AvgIpc) is 2.56. The summed E-state index contributed by atoms with van der Waals surface area (Å²) >= 11 is 0. The summed E-state index contributed by atoms with van der Waals surface area (Å²) in [4.78, 5) is 34.2. The first kappa shape index (κ1) is 22.3. The van der Waals surface area contributed by atoms with Crippen LogP contribution in [-0.2, 0) is 32.7 Å². The van der Waals surface area contributed by atoms with Gasteiger partial charge in [0.15, 0.2) is 0 Å². The Morgan fingerprint density at radius 1 is 1.04 bits per heavy atom. The van der Waals surface area contributed by atoms with Crippen molar-refractivity contribution in [3.05, 3.63) is 12.2 Å². The van der Waals surface area contributed by atoms with Crippen LogP contribution in [0.4, 0.5) is 0 Å². The summed E-state index contributed by atoms with van der Waals surface area (Å²) in [5.74, 6) is -1.30. The monoisotopic (exact) mass is 361 g/mol. The average molecular weight is 361 g/mol. The number of carbonyl (C=O) groups excluding carboxylic acids is 3. The SMILES string of the molecule is C=C(C)C(=O)OCCOC(=O)CCC(=O)NCC[Si](C)(OC)OC. The molecule has 0 atom stereocenters. The third kappa shape index (κ3) is 10.1. The Kier molecular flexibility index (Phi) is 10.9. The molecule has 9 heteroatoms. The summed E-state index contributed by atoms with van der Waals surface area (Å²) in [6, 6.07) is 0.615. The molecule has 0 spiro atoms. The summed E-state index contributed by atoms with van der Waals surface area (Å²) in [7, 11) is 0.967. The zero-order chi connectivity index (χ0) is 18.6. The molecule has 0 aromatic carbocycles. The molecule has 0 bridgehead atoms. The maximum atomic E-state index is 11.6. The van der Waals surface area contributed by atoms with Gasteiger partial charge in [-0.25, -0.2) is 4.79 Å². The van der Waals surface area contributed by atoms with E-state index in [1.165, 1.54) is 6.92 Å². The first-order valence-corrected chi connectivity index (χ1v) is 10.1. The molecule has 24 heavy (non-hydrogen) atoms. The van der Waals surface area contributed by atoms with Crippen LogP contribution in [0.1, 0.15) is 19.8 Å².